The predicted octanol–water partition coefficient (Wildman–Crippen LogP) is 4.77. The van der Waals surface area contributed by atoms with Crippen LogP contribution in [-0.2, 0) is 23.9 Å². The number of fused-ring (bicyclic) bond motifs is 4. The maximum absolute atomic E-state index is 13.8. The molecule has 5 heteroatoms. The Balaban J connectivity index is 1.62. The Morgan fingerprint density at radius 1 is 1.00 bits per heavy atom. The van der Waals surface area contributed by atoms with Crippen LogP contribution in [0.25, 0.3) is 0 Å². The molecule has 0 aromatic carbocycles. The Morgan fingerprint density at radius 2 is 1.73 bits per heavy atom. The van der Waals surface area contributed by atoms with Crippen molar-refractivity contribution < 1.29 is 23.9 Å². The zero-order chi connectivity index (χ0) is 21.8. The minimum absolute atomic E-state index is 0.0363. The molecule has 30 heavy (non-hydrogen) atoms. The van der Waals surface area contributed by atoms with Gasteiger partial charge in [-0.1, -0.05) is 18.1 Å². The van der Waals surface area contributed by atoms with E-state index in [1.165, 1.54) is 25.0 Å². The third-order valence-electron chi connectivity index (χ3n) is 9.08. The average molecular weight is 417 g/mol. The molecule has 0 saturated heterocycles. The minimum Gasteiger partial charge on any atom is -0.463 e. The number of hydrogen-bond donors (Lipinski definition) is 0. The highest BCUT2D eigenvalue weighted by Crippen LogP contribution is 2.66. The predicted molar refractivity (Wildman–Crippen MR) is 112 cm³/mol. The third-order valence-corrected chi connectivity index (χ3v) is 9.08. The number of Topliss-reactive ketones (excluding diaryl/α,β-unsaturated/α-hetero) is 1. The Kier molecular flexibility index (Phi) is 5.39. The highest BCUT2D eigenvalue weighted by Gasteiger charge is 2.63. The van der Waals surface area contributed by atoms with Crippen LogP contribution in [0.15, 0.2) is 11.1 Å². The van der Waals surface area contributed by atoms with Crippen molar-refractivity contribution in [3.63, 3.8) is 0 Å². The second-order valence-corrected chi connectivity index (χ2v) is 10.6. The third kappa shape index (κ3) is 3.23. The summed E-state index contributed by atoms with van der Waals surface area (Å²) in [4.78, 5) is 36.7. The molecule has 4 aliphatic rings. The molecule has 166 valence electrons. The van der Waals surface area contributed by atoms with E-state index < -0.39 is 0 Å². The van der Waals surface area contributed by atoms with Crippen molar-refractivity contribution in [2.24, 2.45) is 28.6 Å². The van der Waals surface area contributed by atoms with E-state index in [1.807, 2.05) is 6.92 Å². The standard InChI is InChI=1S/C25H36O5/c1-14(29-15(2)26)19-10-11-21-22-8-6-17-12-18(30-16(3)27)7-9-20(17)25(22,5)23(28)13-24(19,21)4/h14,18-19,21-22H,6-13H2,1-5H3/t14?,18?,19?,21?,22?,24?,25-/m0/s1. The molecular weight excluding hydrogens is 380 g/mol. The van der Waals surface area contributed by atoms with E-state index >= 15 is 0 Å². The van der Waals surface area contributed by atoms with Crippen molar-refractivity contribution in [3.05, 3.63) is 11.1 Å². The fraction of sp³-hybridized carbons (Fsp3) is 0.800. The van der Waals surface area contributed by atoms with Gasteiger partial charge in [-0.05, 0) is 69.6 Å². The summed E-state index contributed by atoms with van der Waals surface area (Å²) in [6, 6.07) is 0. The fourth-order valence-corrected chi connectivity index (χ4v) is 7.88. The second kappa shape index (κ2) is 7.49. The van der Waals surface area contributed by atoms with Crippen LogP contribution >= 0.6 is 0 Å². The van der Waals surface area contributed by atoms with Gasteiger partial charge in [-0.15, -0.1) is 0 Å². The normalized spacial score (nSPS) is 41.4. The van der Waals surface area contributed by atoms with E-state index in [0.717, 1.165) is 44.9 Å². The number of esters is 2. The first kappa shape index (κ1) is 21.6. The van der Waals surface area contributed by atoms with E-state index in [0.29, 0.717) is 24.0 Å². The summed E-state index contributed by atoms with van der Waals surface area (Å²) in [5, 5.41) is 0. The summed E-state index contributed by atoms with van der Waals surface area (Å²) in [6.45, 7) is 9.41. The molecular formula is C25H36O5. The summed E-state index contributed by atoms with van der Waals surface area (Å²) < 4.78 is 11.1. The molecule has 0 N–H and O–H groups in total. The Morgan fingerprint density at radius 3 is 2.40 bits per heavy atom. The van der Waals surface area contributed by atoms with Crippen LogP contribution in [0.4, 0.5) is 0 Å². The van der Waals surface area contributed by atoms with Gasteiger partial charge in [0.15, 0.2) is 0 Å². The lowest BCUT2D eigenvalue weighted by Gasteiger charge is -2.57. The van der Waals surface area contributed by atoms with E-state index in [9.17, 15) is 14.4 Å². The first-order valence-corrected chi connectivity index (χ1v) is 11.7. The molecule has 0 spiro atoms. The number of allylic oxidation sites excluding steroid dienone is 1. The first-order valence-electron chi connectivity index (χ1n) is 11.7. The zero-order valence-electron chi connectivity index (χ0n) is 19.1. The summed E-state index contributed by atoms with van der Waals surface area (Å²) in [6.07, 6.45) is 7.04. The lowest BCUT2D eigenvalue weighted by molar-refractivity contribution is -0.156. The molecule has 2 fully saturated rings. The molecule has 6 unspecified atom stereocenters. The van der Waals surface area contributed by atoms with Gasteiger partial charge in [0.1, 0.15) is 18.0 Å². The van der Waals surface area contributed by atoms with Gasteiger partial charge in [0.05, 0.1) is 5.41 Å². The van der Waals surface area contributed by atoms with Crippen molar-refractivity contribution in [3.8, 4) is 0 Å². The molecule has 7 atom stereocenters. The van der Waals surface area contributed by atoms with Crippen LogP contribution in [0.3, 0.4) is 0 Å². The van der Waals surface area contributed by atoms with Gasteiger partial charge >= 0.3 is 11.9 Å². The lowest BCUT2D eigenvalue weighted by Crippen LogP contribution is -2.55. The van der Waals surface area contributed by atoms with Crippen LogP contribution in [-0.4, -0.2) is 29.9 Å². The largest absolute Gasteiger partial charge is 0.463 e. The van der Waals surface area contributed by atoms with E-state index in [4.69, 9.17) is 9.47 Å². The SMILES string of the molecule is CC(=O)OC1CCC2=C(CCC3C4CCC(C(C)OC(C)=O)C4(C)CC(=O)[C@@]23C)C1. The van der Waals surface area contributed by atoms with E-state index in [1.54, 1.807) is 0 Å². The number of ether oxygens (including phenoxy) is 2. The van der Waals surface area contributed by atoms with Gasteiger partial charge < -0.3 is 9.47 Å². The molecule has 0 aromatic heterocycles. The fourth-order valence-electron chi connectivity index (χ4n) is 7.88. The van der Waals surface area contributed by atoms with Crippen LogP contribution in [0.1, 0.15) is 86.0 Å². The van der Waals surface area contributed by atoms with Gasteiger partial charge in [0.25, 0.3) is 0 Å². The summed E-state index contributed by atoms with van der Waals surface area (Å²) in [5.74, 6) is 1.01. The maximum atomic E-state index is 13.8. The topological polar surface area (TPSA) is 69.7 Å². The van der Waals surface area contributed by atoms with Gasteiger partial charge in [0, 0.05) is 32.6 Å². The van der Waals surface area contributed by atoms with Gasteiger partial charge in [-0.25, -0.2) is 0 Å². The highest BCUT2D eigenvalue weighted by atomic mass is 16.5. The Bertz CT molecular complexity index is 797. The van der Waals surface area contributed by atoms with Gasteiger partial charge in [-0.2, -0.15) is 0 Å². The van der Waals surface area contributed by atoms with Crippen molar-refractivity contribution in [2.45, 2.75) is 98.2 Å². The summed E-state index contributed by atoms with van der Waals surface area (Å²) >= 11 is 0. The zero-order valence-corrected chi connectivity index (χ0v) is 19.1. The van der Waals surface area contributed by atoms with Crippen molar-refractivity contribution in [2.75, 3.05) is 0 Å². The minimum atomic E-state index is -0.376. The van der Waals surface area contributed by atoms with Gasteiger partial charge in [-0.3, -0.25) is 14.4 Å². The molecule has 4 aliphatic carbocycles. The number of carbonyl (C=O) groups is 3. The molecule has 5 nitrogen and oxygen atoms in total. The smallest absolute Gasteiger partial charge is 0.302 e. The molecule has 0 bridgehead atoms. The summed E-state index contributed by atoms with van der Waals surface area (Å²) in [7, 11) is 0. The molecule has 0 radical (unpaired) electrons. The first-order chi connectivity index (χ1) is 14.1. The number of rotatable bonds is 3. The molecule has 4 rings (SSSR count). The lowest BCUT2D eigenvalue weighted by atomic mass is 9.46. The van der Waals surface area contributed by atoms with Crippen LogP contribution in [0.5, 0.6) is 0 Å². The Labute approximate surface area is 179 Å². The van der Waals surface area contributed by atoms with E-state index in [2.05, 4.69) is 13.8 Å². The maximum Gasteiger partial charge on any atom is 0.302 e. The summed E-state index contributed by atoms with van der Waals surface area (Å²) in [5.41, 5.74) is 2.25. The average Bonchev–Trinajstić information content (AvgIpc) is 2.97. The monoisotopic (exact) mass is 416 g/mol. The molecule has 0 amide bonds. The molecule has 2 saturated carbocycles. The molecule has 0 aliphatic heterocycles. The number of hydrogen-bond acceptors (Lipinski definition) is 5. The van der Waals surface area contributed by atoms with Crippen molar-refractivity contribution in [1.29, 1.82) is 0 Å². The van der Waals surface area contributed by atoms with Crippen LogP contribution in [0.2, 0.25) is 0 Å². The number of carbonyl (C=O) groups excluding carboxylic acids is 3. The quantitative estimate of drug-likeness (QED) is 0.489. The highest BCUT2D eigenvalue weighted by molar-refractivity contribution is 5.90. The molecule has 0 aromatic rings. The van der Waals surface area contributed by atoms with Crippen molar-refractivity contribution >= 4 is 17.7 Å². The van der Waals surface area contributed by atoms with Crippen LogP contribution in [0, 0.1) is 28.6 Å². The van der Waals surface area contributed by atoms with Crippen LogP contribution < -0.4 is 0 Å². The number of ketones is 1. The Hall–Kier alpha value is -1.65. The van der Waals surface area contributed by atoms with Gasteiger partial charge in [0.2, 0.25) is 0 Å². The second-order valence-electron chi connectivity index (χ2n) is 10.6. The molecule has 0 heterocycles. The van der Waals surface area contributed by atoms with Crippen molar-refractivity contribution in [1.82, 2.24) is 0 Å². The van der Waals surface area contributed by atoms with E-state index in [-0.39, 0.29) is 40.9 Å².